The standard InChI is InChI=1S/C12H15BrO3/c1-4-8(12(14)15)9-6-11(16-3)10(13)5-7(9)2/h5-6,8H,4H2,1-3H3,(H,14,15). The minimum absolute atomic E-state index is 0.470. The number of aliphatic carboxylic acids is 1. The van der Waals surface area contributed by atoms with Crippen LogP contribution in [0.15, 0.2) is 16.6 Å². The number of methoxy groups -OCH3 is 1. The highest BCUT2D eigenvalue weighted by atomic mass is 79.9. The van der Waals surface area contributed by atoms with E-state index in [1.165, 1.54) is 0 Å². The lowest BCUT2D eigenvalue weighted by Crippen LogP contribution is -2.12. The highest BCUT2D eigenvalue weighted by molar-refractivity contribution is 9.10. The Kier molecular flexibility index (Phi) is 4.35. The molecule has 1 aromatic rings. The van der Waals surface area contributed by atoms with Gasteiger partial charge in [-0.1, -0.05) is 6.92 Å². The van der Waals surface area contributed by atoms with Gasteiger partial charge in [0, 0.05) is 0 Å². The maximum absolute atomic E-state index is 11.1. The van der Waals surface area contributed by atoms with Crippen LogP contribution in [0, 0.1) is 6.92 Å². The van der Waals surface area contributed by atoms with Crippen molar-refractivity contribution in [2.24, 2.45) is 0 Å². The molecule has 0 spiro atoms. The third-order valence-corrected chi connectivity index (χ3v) is 3.24. The summed E-state index contributed by atoms with van der Waals surface area (Å²) in [7, 11) is 1.57. The van der Waals surface area contributed by atoms with Crippen LogP contribution in [0.3, 0.4) is 0 Å². The third kappa shape index (κ3) is 2.55. The molecule has 0 aliphatic heterocycles. The Balaban J connectivity index is 3.26. The highest BCUT2D eigenvalue weighted by Crippen LogP contribution is 2.33. The summed E-state index contributed by atoms with van der Waals surface area (Å²) in [5.74, 6) is -0.600. The number of hydrogen-bond acceptors (Lipinski definition) is 2. The topological polar surface area (TPSA) is 46.5 Å². The number of halogens is 1. The minimum Gasteiger partial charge on any atom is -0.496 e. The molecule has 88 valence electrons. The smallest absolute Gasteiger partial charge is 0.310 e. The van der Waals surface area contributed by atoms with Crippen molar-refractivity contribution in [3.8, 4) is 5.75 Å². The Morgan fingerprint density at radius 3 is 2.62 bits per heavy atom. The zero-order valence-corrected chi connectivity index (χ0v) is 11.2. The summed E-state index contributed by atoms with van der Waals surface area (Å²) in [6.45, 7) is 3.78. The van der Waals surface area contributed by atoms with Gasteiger partial charge in [-0.15, -0.1) is 0 Å². The average Bonchev–Trinajstić information content (AvgIpc) is 2.21. The van der Waals surface area contributed by atoms with Crippen molar-refractivity contribution < 1.29 is 14.6 Å². The SMILES string of the molecule is CCC(C(=O)O)c1cc(OC)c(Br)cc1C. The van der Waals surface area contributed by atoms with Crippen molar-refractivity contribution in [2.75, 3.05) is 7.11 Å². The first-order chi connectivity index (χ1) is 7.51. The molecule has 0 aliphatic rings. The molecule has 0 amide bonds. The molecule has 0 aliphatic carbocycles. The molecule has 0 aromatic heterocycles. The molecule has 16 heavy (non-hydrogen) atoms. The molecular formula is C12H15BrO3. The Morgan fingerprint density at radius 2 is 2.19 bits per heavy atom. The van der Waals surface area contributed by atoms with E-state index in [9.17, 15) is 4.79 Å². The summed E-state index contributed by atoms with van der Waals surface area (Å²) in [6.07, 6.45) is 0.570. The predicted molar refractivity (Wildman–Crippen MR) is 66.1 cm³/mol. The van der Waals surface area contributed by atoms with Crippen LogP contribution in [0.1, 0.15) is 30.4 Å². The zero-order chi connectivity index (χ0) is 12.3. The van der Waals surface area contributed by atoms with Crippen LogP contribution in [0.2, 0.25) is 0 Å². The lowest BCUT2D eigenvalue weighted by atomic mass is 9.92. The van der Waals surface area contributed by atoms with Crippen LogP contribution in [0.4, 0.5) is 0 Å². The first-order valence-electron chi connectivity index (χ1n) is 5.08. The quantitative estimate of drug-likeness (QED) is 0.923. The summed E-state index contributed by atoms with van der Waals surface area (Å²) < 4.78 is 6.02. The lowest BCUT2D eigenvalue weighted by Gasteiger charge is -2.15. The molecule has 1 unspecified atom stereocenters. The maximum atomic E-state index is 11.1. The van der Waals surface area contributed by atoms with Crippen molar-refractivity contribution in [2.45, 2.75) is 26.2 Å². The Labute approximate surface area is 104 Å². The predicted octanol–water partition coefficient (Wildman–Crippen LogP) is 3.34. The molecule has 1 atom stereocenters. The van der Waals surface area contributed by atoms with Gasteiger partial charge in [0.05, 0.1) is 17.5 Å². The molecule has 4 heteroatoms. The normalized spacial score (nSPS) is 12.2. The number of hydrogen-bond donors (Lipinski definition) is 1. The minimum atomic E-state index is -0.796. The van der Waals surface area contributed by atoms with Crippen LogP contribution in [0.25, 0.3) is 0 Å². The van der Waals surface area contributed by atoms with E-state index in [4.69, 9.17) is 9.84 Å². The lowest BCUT2D eigenvalue weighted by molar-refractivity contribution is -0.138. The first-order valence-corrected chi connectivity index (χ1v) is 5.87. The zero-order valence-electron chi connectivity index (χ0n) is 9.58. The molecule has 0 fully saturated rings. The van der Waals surface area contributed by atoms with E-state index in [-0.39, 0.29) is 0 Å². The molecule has 1 N–H and O–H groups in total. The van der Waals surface area contributed by atoms with Crippen molar-refractivity contribution in [3.63, 3.8) is 0 Å². The number of ether oxygens (including phenoxy) is 1. The molecule has 0 saturated heterocycles. The fraction of sp³-hybridized carbons (Fsp3) is 0.417. The summed E-state index contributed by atoms with van der Waals surface area (Å²) >= 11 is 3.38. The van der Waals surface area contributed by atoms with E-state index < -0.39 is 11.9 Å². The monoisotopic (exact) mass is 286 g/mol. The van der Waals surface area contributed by atoms with E-state index >= 15 is 0 Å². The second-order valence-corrected chi connectivity index (χ2v) is 4.50. The Morgan fingerprint density at radius 1 is 1.56 bits per heavy atom. The van der Waals surface area contributed by atoms with Crippen molar-refractivity contribution in [3.05, 3.63) is 27.7 Å². The van der Waals surface area contributed by atoms with Gasteiger partial charge in [-0.05, 0) is 52.5 Å². The summed E-state index contributed by atoms with van der Waals surface area (Å²) in [5, 5.41) is 9.13. The molecule has 0 saturated carbocycles. The molecular weight excluding hydrogens is 272 g/mol. The first kappa shape index (κ1) is 13.0. The van der Waals surface area contributed by atoms with Gasteiger partial charge in [-0.2, -0.15) is 0 Å². The van der Waals surface area contributed by atoms with Gasteiger partial charge in [0.25, 0.3) is 0 Å². The van der Waals surface area contributed by atoms with Crippen LogP contribution in [-0.2, 0) is 4.79 Å². The Bertz CT molecular complexity index is 401. The van der Waals surface area contributed by atoms with Crippen LogP contribution < -0.4 is 4.74 Å². The van der Waals surface area contributed by atoms with Crippen LogP contribution in [0.5, 0.6) is 5.75 Å². The second-order valence-electron chi connectivity index (χ2n) is 3.64. The molecule has 1 rings (SSSR count). The van der Waals surface area contributed by atoms with E-state index in [0.717, 1.165) is 15.6 Å². The number of carboxylic acid groups (broad SMARTS) is 1. The third-order valence-electron chi connectivity index (χ3n) is 2.62. The summed E-state index contributed by atoms with van der Waals surface area (Å²) in [6, 6.07) is 3.68. The van der Waals surface area contributed by atoms with Gasteiger partial charge in [0.1, 0.15) is 5.75 Å². The van der Waals surface area contributed by atoms with E-state index in [1.807, 2.05) is 19.9 Å². The largest absolute Gasteiger partial charge is 0.496 e. The van der Waals surface area contributed by atoms with Crippen molar-refractivity contribution >= 4 is 21.9 Å². The fourth-order valence-electron chi connectivity index (χ4n) is 1.73. The maximum Gasteiger partial charge on any atom is 0.310 e. The molecule has 0 bridgehead atoms. The van der Waals surface area contributed by atoms with Crippen molar-refractivity contribution in [1.29, 1.82) is 0 Å². The molecule has 0 heterocycles. The van der Waals surface area contributed by atoms with Gasteiger partial charge in [0.2, 0.25) is 0 Å². The van der Waals surface area contributed by atoms with Crippen molar-refractivity contribution in [1.82, 2.24) is 0 Å². The van der Waals surface area contributed by atoms with Gasteiger partial charge >= 0.3 is 5.97 Å². The van der Waals surface area contributed by atoms with E-state index in [1.54, 1.807) is 13.2 Å². The fourth-order valence-corrected chi connectivity index (χ4v) is 2.35. The van der Waals surface area contributed by atoms with Crippen LogP contribution in [-0.4, -0.2) is 18.2 Å². The van der Waals surface area contributed by atoms with E-state index in [2.05, 4.69) is 15.9 Å². The number of carboxylic acids is 1. The van der Waals surface area contributed by atoms with Gasteiger partial charge < -0.3 is 9.84 Å². The number of aryl methyl sites for hydroxylation is 1. The Hall–Kier alpha value is -1.03. The number of benzene rings is 1. The molecule has 3 nitrogen and oxygen atoms in total. The highest BCUT2D eigenvalue weighted by Gasteiger charge is 2.21. The number of rotatable bonds is 4. The van der Waals surface area contributed by atoms with Gasteiger partial charge in [-0.25, -0.2) is 0 Å². The molecule has 1 aromatic carbocycles. The van der Waals surface area contributed by atoms with E-state index in [0.29, 0.717) is 12.2 Å². The van der Waals surface area contributed by atoms with Gasteiger partial charge in [0.15, 0.2) is 0 Å². The van der Waals surface area contributed by atoms with Crippen LogP contribution >= 0.6 is 15.9 Å². The molecule has 0 radical (unpaired) electrons. The second kappa shape index (κ2) is 5.34. The summed E-state index contributed by atoms with van der Waals surface area (Å²) in [5.41, 5.74) is 1.77. The summed E-state index contributed by atoms with van der Waals surface area (Å²) in [4.78, 5) is 11.1. The van der Waals surface area contributed by atoms with Gasteiger partial charge in [-0.3, -0.25) is 4.79 Å². The number of carbonyl (C=O) groups is 1. The average molecular weight is 287 g/mol.